The third kappa shape index (κ3) is 2.01. The molecule has 1 aliphatic carbocycles. The van der Waals surface area contributed by atoms with Crippen LogP contribution in [-0.2, 0) is 0 Å². The zero-order valence-corrected chi connectivity index (χ0v) is 8.14. The normalized spacial score (nSPS) is 35.2. The Hall–Kier alpha value is -0.480. The van der Waals surface area contributed by atoms with Gasteiger partial charge in [-0.1, -0.05) is 25.7 Å². The highest BCUT2D eigenvalue weighted by Gasteiger charge is 2.30. The Morgan fingerprint density at radius 3 is 2.25 bits per heavy atom. The first-order valence-corrected chi connectivity index (χ1v) is 4.83. The maximum atomic E-state index is 6.00. The van der Waals surface area contributed by atoms with E-state index in [9.17, 15) is 0 Å². The largest absolute Gasteiger partial charge is 0.315 e. The summed E-state index contributed by atoms with van der Waals surface area (Å²) in [5.41, 5.74) is 5.63. The van der Waals surface area contributed by atoms with Gasteiger partial charge in [0, 0.05) is 0 Å². The van der Waals surface area contributed by atoms with Crippen LogP contribution in [0.25, 0.3) is 0 Å². The Bertz CT molecular complexity index is 180. The second-order valence-corrected chi connectivity index (χ2v) is 4.38. The molecule has 0 aromatic rings. The van der Waals surface area contributed by atoms with Crippen LogP contribution >= 0.6 is 0 Å². The van der Waals surface area contributed by atoms with Gasteiger partial charge in [0.05, 0.1) is 5.54 Å². The number of hydrogen-bond acceptors (Lipinski definition) is 1. The Labute approximate surface area is 75.7 Å². The highest BCUT2D eigenvalue weighted by molar-refractivity contribution is 5.11. The zero-order chi connectivity index (χ0) is 9.19. The molecule has 68 valence electrons. The minimum atomic E-state index is -0.375. The van der Waals surface area contributed by atoms with Crippen molar-refractivity contribution in [2.75, 3.05) is 0 Å². The maximum absolute atomic E-state index is 6.00. The highest BCUT2D eigenvalue weighted by atomic mass is 14.7. The van der Waals surface area contributed by atoms with E-state index in [-0.39, 0.29) is 5.54 Å². The SMILES string of the molecule is C#C[C@@](C)(N)C1CCC(C)CC1. The highest BCUT2D eigenvalue weighted by Crippen LogP contribution is 2.33. The topological polar surface area (TPSA) is 26.0 Å². The molecule has 1 saturated carbocycles. The lowest BCUT2D eigenvalue weighted by Gasteiger charge is -2.34. The van der Waals surface area contributed by atoms with Gasteiger partial charge < -0.3 is 5.73 Å². The first kappa shape index (κ1) is 9.61. The predicted octanol–water partition coefficient (Wildman–Crippen LogP) is 2.16. The number of rotatable bonds is 1. The van der Waals surface area contributed by atoms with Gasteiger partial charge in [-0.15, -0.1) is 6.42 Å². The van der Waals surface area contributed by atoms with E-state index in [2.05, 4.69) is 12.8 Å². The lowest BCUT2D eigenvalue weighted by Crippen LogP contribution is -2.44. The molecule has 0 radical (unpaired) electrons. The van der Waals surface area contributed by atoms with Crippen LogP contribution in [0.4, 0.5) is 0 Å². The second-order valence-electron chi connectivity index (χ2n) is 4.38. The molecule has 1 heteroatoms. The van der Waals surface area contributed by atoms with Gasteiger partial charge in [-0.3, -0.25) is 0 Å². The summed E-state index contributed by atoms with van der Waals surface area (Å²) in [6.45, 7) is 4.29. The van der Waals surface area contributed by atoms with Gasteiger partial charge >= 0.3 is 0 Å². The molecule has 0 aromatic heterocycles. The molecule has 0 amide bonds. The van der Waals surface area contributed by atoms with Crippen LogP contribution in [0, 0.1) is 24.2 Å². The molecule has 0 aliphatic heterocycles. The number of nitrogens with two attached hydrogens (primary N) is 1. The number of terminal acetylenes is 1. The molecule has 0 unspecified atom stereocenters. The van der Waals surface area contributed by atoms with Crippen LogP contribution in [0.2, 0.25) is 0 Å². The van der Waals surface area contributed by atoms with Crippen LogP contribution in [0.1, 0.15) is 39.5 Å². The van der Waals surface area contributed by atoms with Crippen LogP contribution < -0.4 is 5.73 Å². The molecule has 0 bridgehead atoms. The number of hydrogen-bond donors (Lipinski definition) is 1. The summed E-state index contributed by atoms with van der Waals surface area (Å²) in [7, 11) is 0. The molecule has 1 rings (SSSR count). The van der Waals surface area contributed by atoms with Gasteiger partial charge in [-0.25, -0.2) is 0 Å². The van der Waals surface area contributed by atoms with E-state index in [4.69, 9.17) is 12.2 Å². The molecule has 2 N–H and O–H groups in total. The standard InChI is InChI=1S/C11H19N/c1-4-11(3,12)10-7-5-9(2)6-8-10/h1,9-10H,5-8,12H2,2-3H3/t9?,10?,11-/m1/s1. The third-order valence-corrected chi connectivity index (χ3v) is 3.17. The quantitative estimate of drug-likeness (QED) is 0.592. The Morgan fingerprint density at radius 1 is 1.33 bits per heavy atom. The van der Waals surface area contributed by atoms with Crippen LogP contribution in [0.15, 0.2) is 0 Å². The summed E-state index contributed by atoms with van der Waals surface area (Å²) in [6.07, 6.45) is 10.4. The fourth-order valence-electron chi connectivity index (χ4n) is 1.98. The van der Waals surface area contributed by atoms with Crippen molar-refractivity contribution < 1.29 is 0 Å². The summed E-state index contributed by atoms with van der Waals surface area (Å²) in [5, 5.41) is 0. The van der Waals surface area contributed by atoms with Crippen LogP contribution in [0.3, 0.4) is 0 Å². The van der Waals surface area contributed by atoms with E-state index in [1.165, 1.54) is 25.7 Å². The molecule has 0 aromatic carbocycles. The monoisotopic (exact) mass is 165 g/mol. The van der Waals surface area contributed by atoms with Crippen molar-refractivity contribution in [1.82, 2.24) is 0 Å². The predicted molar refractivity (Wildman–Crippen MR) is 52.5 cm³/mol. The average Bonchev–Trinajstić information content (AvgIpc) is 2.05. The van der Waals surface area contributed by atoms with E-state index >= 15 is 0 Å². The lowest BCUT2D eigenvalue weighted by atomic mass is 9.74. The van der Waals surface area contributed by atoms with Gasteiger partial charge in [0.25, 0.3) is 0 Å². The summed E-state index contributed by atoms with van der Waals surface area (Å²) in [5.74, 6) is 4.11. The Morgan fingerprint density at radius 2 is 1.83 bits per heavy atom. The van der Waals surface area contributed by atoms with E-state index in [0.29, 0.717) is 5.92 Å². The lowest BCUT2D eigenvalue weighted by molar-refractivity contribution is 0.230. The van der Waals surface area contributed by atoms with Crippen LogP contribution in [0.5, 0.6) is 0 Å². The maximum Gasteiger partial charge on any atom is 0.0773 e. The molecule has 1 aliphatic rings. The van der Waals surface area contributed by atoms with E-state index in [0.717, 1.165) is 5.92 Å². The van der Waals surface area contributed by atoms with Gasteiger partial charge in [-0.05, 0) is 31.6 Å². The first-order chi connectivity index (χ1) is 5.56. The Balaban J connectivity index is 2.51. The average molecular weight is 165 g/mol. The molecule has 0 spiro atoms. The van der Waals surface area contributed by atoms with Crippen molar-refractivity contribution in [3.8, 4) is 12.3 Å². The van der Waals surface area contributed by atoms with Gasteiger partial charge in [0.15, 0.2) is 0 Å². The van der Waals surface area contributed by atoms with E-state index < -0.39 is 0 Å². The summed E-state index contributed by atoms with van der Waals surface area (Å²) >= 11 is 0. The van der Waals surface area contributed by atoms with Crippen LogP contribution in [-0.4, -0.2) is 5.54 Å². The fraction of sp³-hybridized carbons (Fsp3) is 0.818. The second kappa shape index (κ2) is 3.49. The van der Waals surface area contributed by atoms with Crippen molar-refractivity contribution in [3.05, 3.63) is 0 Å². The first-order valence-electron chi connectivity index (χ1n) is 4.83. The molecule has 1 atom stereocenters. The molecule has 0 heterocycles. The zero-order valence-electron chi connectivity index (χ0n) is 8.14. The van der Waals surface area contributed by atoms with Crippen molar-refractivity contribution in [1.29, 1.82) is 0 Å². The molecule has 1 nitrogen and oxygen atoms in total. The Kier molecular flexibility index (Phi) is 2.80. The molecule has 12 heavy (non-hydrogen) atoms. The minimum absolute atomic E-state index is 0.375. The third-order valence-electron chi connectivity index (χ3n) is 3.17. The van der Waals surface area contributed by atoms with Crippen molar-refractivity contribution >= 4 is 0 Å². The van der Waals surface area contributed by atoms with Gasteiger partial charge in [0.2, 0.25) is 0 Å². The molecule has 0 saturated heterocycles. The molecular weight excluding hydrogens is 146 g/mol. The summed E-state index contributed by atoms with van der Waals surface area (Å²) in [6, 6.07) is 0. The molecular formula is C11H19N. The smallest absolute Gasteiger partial charge is 0.0773 e. The van der Waals surface area contributed by atoms with E-state index in [1.54, 1.807) is 0 Å². The summed E-state index contributed by atoms with van der Waals surface area (Å²) in [4.78, 5) is 0. The van der Waals surface area contributed by atoms with Gasteiger partial charge in [-0.2, -0.15) is 0 Å². The van der Waals surface area contributed by atoms with Crippen molar-refractivity contribution in [3.63, 3.8) is 0 Å². The van der Waals surface area contributed by atoms with Crippen molar-refractivity contribution in [2.45, 2.75) is 45.1 Å². The van der Waals surface area contributed by atoms with E-state index in [1.807, 2.05) is 6.92 Å². The van der Waals surface area contributed by atoms with Crippen molar-refractivity contribution in [2.24, 2.45) is 17.6 Å². The minimum Gasteiger partial charge on any atom is -0.315 e. The molecule has 1 fully saturated rings. The fourth-order valence-corrected chi connectivity index (χ4v) is 1.98. The summed E-state index contributed by atoms with van der Waals surface area (Å²) < 4.78 is 0. The van der Waals surface area contributed by atoms with Gasteiger partial charge in [0.1, 0.15) is 0 Å².